The van der Waals surface area contributed by atoms with Crippen LogP contribution in [0.25, 0.3) is 0 Å². The normalized spacial score (nSPS) is 20.5. The van der Waals surface area contributed by atoms with Crippen LogP contribution in [-0.4, -0.2) is 12.6 Å². The predicted octanol–water partition coefficient (Wildman–Crippen LogP) is 9.93. The smallest absolute Gasteiger partial charge is 0.305 e. The van der Waals surface area contributed by atoms with Crippen LogP contribution in [0.3, 0.4) is 0 Å². The molecule has 2 heteroatoms. The van der Waals surface area contributed by atoms with Gasteiger partial charge in [0, 0.05) is 6.42 Å². The quantitative estimate of drug-likeness (QED) is 0.154. The van der Waals surface area contributed by atoms with E-state index in [4.69, 9.17) is 4.74 Å². The van der Waals surface area contributed by atoms with Crippen molar-refractivity contribution in [1.82, 2.24) is 0 Å². The summed E-state index contributed by atoms with van der Waals surface area (Å²) in [6.07, 6.45) is 33.5. The number of rotatable bonds is 18. The molecule has 0 heterocycles. The van der Waals surface area contributed by atoms with Gasteiger partial charge in [-0.2, -0.15) is 0 Å². The highest BCUT2D eigenvalue weighted by Gasteiger charge is 2.41. The van der Waals surface area contributed by atoms with Crippen LogP contribution in [0.5, 0.6) is 0 Å². The monoisotopic (exact) mass is 448 g/mol. The van der Waals surface area contributed by atoms with Crippen molar-refractivity contribution in [1.29, 1.82) is 0 Å². The first-order valence-electron chi connectivity index (χ1n) is 14.9. The van der Waals surface area contributed by atoms with E-state index in [1.54, 1.807) is 0 Å². The van der Waals surface area contributed by atoms with Gasteiger partial charge in [0.15, 0.2) is 0 Å². The molecule has 0 radical (unpaired) electrons. The average Bonchev–Trinajstić information content (AvgIpc) is 2.81. The lowest BCUT2D eigenvalue weighted by Gasteiger charge is -2.46. The zero-order valence-electron chi connectivity index (χ0n) is 21.8. The lowest BCUT2D eigenvalue weighted by molar-refractivity contribution is -0.148. The van der Waals surface area contributed by atoms with Crippen LogP contribution in [-0.2, 0) is 9.53 Å². The maximum Gasteiger partial charge on any atom is 0.305 e. The summed E-state index contributed by atoms with van der Waals surface area (Å²) in [4.78, 5) is 12.3. The molecule has 0 saturated heterocycles. The summed E-state index contributed by atoms with van der Waals surface area (Å²) in [5, 5.41) is 0. The zero-order valence-corrected chi connectivity index (χ0v) is 21.8. The molecule has 2 saturated carbocycles. The SMILES string of the molecule is CCCCCCCCCCCCCCCCCC(=O)OCC1CCCCC12CCCCC2. The summed E-state index contributed by atoms with van der Waals surface area (Å²) in [5.74, 6) is 0.706. The van der Waals surface area contributed by atoms with E-state index < -0.39 is 0 Å². The lowest BCUT2D eigenvalue weighted by atomic mass is 9.59. The first kappa shape index (κ1) is 27.7. The standard InChI is InChI=1S/C30H56O2/c1-2-3-4-5-6-7-8-9-10-11-12-13-14-15-17-23-29(31)32-27-28-22-18-21-26-30(28)24-19-16-20-25-30/h28H,2-27H2,1H3. The lowest BCUT2D eigenvalue weighted by Crippen LogP contribution is -2.38. The number of carbonyl (C=O) groups excluding carboxylic acids is 1. The summed E-state index contributed by atoms with van der Waals surface area (Å²) in [6.45, 7) is 3.00. The Morgan fingerprint density at radius 3 is 1.66 bits per heavy atom. The molecular formula is C30H56O2. The molecule has 0 aromatic heterocycles. The van der Waals surface area contributed by atoms with E-state index in [-0.39, 0.29) is 5.97 Å². The Hall–Kier alpha value is -0.530. The van der Waals surface area contributed by atoms with E-state index in [0.29, 0.717) is 24.4 Å². The fourth-order valence-electron chi connectivity index (χ4n) is 6.46. The number of esters is 1. The Morgan fingerprint density at radius 2 is 1.12 bits per heavy atom. The molecule has 1 atom stereocenters. The molecule has 188 valence electrons. The molecule has 32 heavy (non-hydrogen) atoms. The van der Waals surface area contributed by atoms with E-state index in [1.165, 1.54) is 148 Å². The number of hydrogen-bond donors (Lipinski definition) is 0. The van der Waals surface area contributed by atoms with Crippen molar-refractivity contribution in [3.63, 3.8) is 0 Å². The fourth-order valence-corrected chi connectivity index (χ4v) is 6.46. The van der Waals surface area contributed by atoms with Crippen LogP contribution >= 0.6 is 0 Å². The Balaban J connectivity index is 1.37. The predicted molar refractivity (Wildman–Crippen MR) is 138 cm³/mol. The third-order valence-corrected chi connectivity index (χ3v) is 8.62. The first-order valence-corrected chi connectivity index (χ1v) is 14.9. The van der Waals surface area contributed by atoms with Crippen LogP contribution in [0.4, 0.5) is 0 Å². The molecule has 1 spiro atoms. The molecule has 0 N–H and O–H groups in total. The molecule has 0 bridgehead atoms. The topological polar surface area (TPSA) is 26.3 Å². The van der Waals surface area contributed by atoms with Crippen molar-refractivity contribution in [2.75, 3.05) is 6.61 Å². The van der Waals surface area contributed by atoms with Crippen molar-refractivity contribution in [2.24, 2.45) is 11.3 Å². The number of unbranched alkanes of at least 4 members (excludes halogenated alkanes) is 14. The van der Waals surface area contributed by atoms with Crippen LogP contribution in [0.1, 0.15) is 167 Å². The molecule has 1 unspecified atom stereocenters. The maximum atomic E-state index is 12.3. The molecule has 2 rings (SSSR count). The second-order valence-corrected chi connectivity index (χ2v) is 11.2. The Morgan fingerprint density at radius 1 is 0.656 bits per heavy atom. The van der Waals surface area contributed by atoms with Gasteiger partial charge in [0.05, 0.1) is 6.61 Å². The molecule has 0 amide bonds. The minimum Gasteiger partial charge on any atom is -0.465 e. The molecule has 0 aliphatic heterocycles. The summed E-state index contributed by atoms with van der Waals surface area (Å²) in [5.41, 5.74) is 0.519. The van der Waals surface area contributed by atoms with Gasteiger partial charge in [-0.05, 0) is 43.4 Å². The highest BCUT2D eigenvalue weighted by atomic mass is 16.5. The molecule has 2 aliphatic rings. The molecule has 0 aromatic carbocycles. The number of carbonyl (C=O) groups is 1. The molecular weight excluding hydrogens is 392 g/mol. The largest absolute Gasteiger partial charge is 0.465 e. The Labute approximate surface area is 201 Å². The summed E-state index contributed by atoms with van der Waals surface area (Å²) >= 11 is 0. The van der Waals surface area contributed by atoms with Gasteiger partial charge in [0.25, 0.3) is 0 Å². The fraction of sp³-hybridized carbons (Fsp3) is 0.967. The van der Waals surface area contributed by atoms with Gasteiger partial charge in [-0.3, -0.25) is 4.79 Å². The number of ether oxygens (including phenoxy) is 1. The third kappa shape index (κ3) is 11.6. The van der Waals surface area contributed by atoms with Gasteiger partial charge < -0.3 is 4.74 Å². The van der Waals surface area contributed by atoms with Gasteiger partial charge in [-0.25, -0.2) is 0 Å². The van der Waals surface area contributed by atoms with Crippen molar-refractivity contribution < 1.29 is 9.53 Å². The second kappa shape index (κ2) is 17.9. The van der Waals surface area contributed by atoms with E-state index >= 15 is 0 Å². The van der Waals surface area contributed by atoms with E-state index in [0.717, 1.165) is 6.42 Å². The van der Waals surface area contributed by atoms with E-state index in [1.807, 2.05) is 0 Å². The molecule has 0 aromatic rings. The van der Waals surface area contributed by atoms with Crippen molar-refractivity contribution in [2.45, 2.75) is 167 Å². The van der Waals surface area contributed by atoms with Gasteiger partial charge in [-0.15, -0.1) is 0 Å². The Kier molecular flexibility index (Phi) is 15.5. The summed E-state index contributed by atoms with van der Waals surface area (Å²) < 4.78 is 5.79. The van der Waals surface area contributed by atoms with E-state index in [2.05, 4.69) is 6.92 Å². The third-order valence-electron chi connectivity index (χ3n) is 8.62. The van der Waals surface area contributed by atoms with Crippen molar-refractivity contribution in [3.05, 3.63) is 0 Å². The van der Waals surface area contributed by atoms with Crippen LogP contribution in [0.15, 0.2) is 0 Å². The van der Waals surface area contributed by atoms with Gasteiger partial charge >= 0.3 is 5.97 Å². The van der Waals surface area contributed by atoms with Crippen molar-refractivity contribution in [3.8, 4) is 0 Å². The van der Waals surface area contributed by atoms with Gasteiger partial charge in [0.2, 0.25) is 0 Å². The summed E-state index contributed by atoms with van der Waals surface area (Å²) in [6, 6.07) is 0. The van der Waals surface area contributed by atoms with Crippen molar-refractivity contribution >= 4 is 5.97 Å². The first-order chi connectivity index (χ1) is 15.8. The number of hydrogen-bond acceptors (Lipinski definition) is 2. The minimum atomic E-state index is 0.0660. The molecule has 2 nitrogen and oxygen atoms in total. The maximum absolute atomic E-state index is 12.3. The van der Waals surface area contributed by atoms with Gasteiger partial charge in [0.1, 0.15) is 0 Å². The van der Waals surface area contributed by atoms with Crippen LogP contribution < -0.4 is 0 Å². The Bertz CT molecular complexity index is 443. The highest BCUT2D eigenvalue weighted by molar-refractivity contribution is 5.69. The van der Waals surface area contributed by atoms with E-state index in [9.17, 15) is 4.79 Å². The average molecular weight is 449 g/mol. The van der Waals surface area contributed by atoms with Crippen LogP contribution in [0, 0.1) is 11.3 Å². The van der Waals surface area contributed by atoms with Gasteiger partial charge in [-0.1, -0.05) is 129 Å². The minimum absolute atomic E-state index is 0.0660. The molecule has 2 fully saturated rings. The highest BCUT2D eigenvalue weighted by Crippen LogP contribution is 2.51. The molecule has 2 aliphatic carbocycles. The zero-order chi connectivity index (χ0) is 22.7. The van der Waals surface area contributed by atoms with Crippen LogP contribution in [0.2, 0.25) is 0 Å². The second-order valence-electron chi connectivity index (χ2n) is 11.2. The summed E-state index contributed by atoms with van der Waals surface area (Å²) in [7, 11) is 0.